The number of hydrogen-bond acceptors (Lipinski definition) is 4. The Labute approximate surface area is 223 Å². The maximum Gasteiger partial charge on any atom is 0.343 e. The largest absolute Gasteiger partial charge is 0.494 e. The summed E-state index contributed by atoms with van der Waals surface area (Å²) in [6.07, 6.45) is 9.61. The molecular formula is C33H42O4. The van der Waals surface area contributed by atoms with E-state index in [1.54, 1.807) is 12.1 Å². The second-order valence-electron chi connectivity index (χ2n) is 9.54. The molecule has 198 valence electrons. The number of hydrogen-bond donors (Lipinski definition) is 0. The van der Waals surface area contributed by atoms with Crippen LogP contribution >= 0.6 is 0 Å². The highest BCUT2D eigenvalue weighted by Gasteiger charge is 2.10. The van der Waals surface area contributed by atoms with Crippen LogP contribution in [0.15, 0.2) is 72.8 Å². The summed E-state index contributed by atoms with van der Waals surface area (Å²) in [5, 5.41) is 0. The van der Waals surface area contributed by atoms with Crippen LogP contribution in [0.2, 0.25) is 0 Å². The van der Waals surface area contributed by atoms with Gasteiger partial charge in [0.2, 0.25) is 0 Å². The quantitative estimate of drug-likeness (QED) is 0.111. The summed E-state index contributed by atoms with van der Waals surface area (Å²) in [6, 6.07) is 23.2. The Kier molecular flexibility index (Phi) is 12.2. The fraction of sp³-hybridized carbons (Fsp3) is 0.424. The number of carbonyl (C=O) groups excluding carboxylic acids is 1. The van der Waals surface area contributed by atoms with Crippen molar-refractivity contribution in [2.45, 2.75) is 78.2 Å². The van der Waals surface area contributed by atoms with Gasteiger partial charge in [-0.25, -0.2) is 4.79 Å². The topological polar surface area (TPSA) is 44.8 Å². The van der Waals surface area contributed by atoms with Crippen LogP contribution < -0.4 is 9.47 Å². The first-order chi connectivity index (χ1) is 18.1. The minimum atomic E-state index is -0.379. The summed E-state index contributed by atoms with van der Waals surface area (Å²) >= 11 is 0. The van der Waals surface area contributed by atoms with Crippen LogP contribution in [0.5, 0.6) is 11.5 Å². The zero-order valence-electron chi connectivity index (χ0n) is 22.7. The molecule has 0 heterocycles. The second kappa shape index (κ2) is 15.9. The third kappa shape index (κ3) is 9.70. The summed E-state index contributed by atoms with van der Waals surface area (Å²) in [6.45, 7) is 8.02. The van der Waals surface area contributed by atoms with Gasteiger partial charge in [-0.3, -0.25) is 0 Å². The first kappa shape index (κ1) is 28.5. The van der Waals surface area contributed by atoms with Crippen LogP contribution in [0.1, 0.15) is 94.2 Å². The van der Waals surface area contributed by atoms with Crippen molar-refractivity contribution < 1.29 is 19.0 Å². The molecule has 1 unspecified atom stereocenters. The van der Waals surface area contributed by atoms with E-state index in [9.17, 15) is 4.79 Å². The summed E-state index contributed by atoms with van der Waals surface area (Å²) in [7, 11) is 0. The minimum Gasteiger partial charge on any atom is -0.494 e. The third-order valence-electron chi connectivity index (χ3n) is 6.50. The van der Waals surface area contributed by atoms with E-state index in [4.69, 9.17) is 14.2 Å². The van der Waals surface area contributed by atoms with Gasteiger partial charge in [0.1, 0.15) is 11.5 Å². The fourth-order valence-electron chi connectivity index (χ4n) is 4.12. The van der Waals surface area contributed by atoms with Crippen molar-refractivity contribution in [3.63, 3.8) is 0 Å². The Balaban J connectivity index is 1.48. The monoisotopic (exact) mass is 502 g/mol. The van der Waals surface area contributed by atoms with Crippen molar-refractivity contribution in [3.8, 4) is 22.6 Å². The number of rotatable bonds is 16. The smallest absolute Gasteiger partial charge is 0.343 e. The molecule has 4 heteroatoms. The Hall–Kier alpha value is -3.11. The molecular weight excluding hydrogens is 460 g/mol. The first-order valence-corrected chi connectivity index (χ1v) is 13.9. The average Bonchev–Trinajstić information content (AvgIpc) is 2.93. The van der Waals surface area contributed by atoms with Gasteiger partial charge in [0, 0.05) is 6.61 Å². The van der Waals surface area contributed by atoms with Crippen molar-refractivity contribution in [3.05, 3.63) is 83.9 Å². The van der Waals surface area contributed by atoms with Crippen LogP contribution in [-0.2, 0) is 4.74 Å². The van der Waals surface area contributed by atoms with Gasteiger partial charge in [-0.1, -0.05) is 88.8 Å². The Morgan fingerprint density at radius 3 is 1.78 bits per heavy atom. The average molecular weight is 503 g/mol. The molecule has 0 saturated carbocycles. The predicted molar refractivity (Wildman–Crippen MR) is 151 cm³/mol. The molecule has 0 bridgehead atoms. The molecule has 4 nitrogen and oxygen atoms in total. The van der Waals surface area contributed by atoms with E-state index in [0.717, 1.165) is 36.3 Å². The minimum absolute atomic E-state index is 0.0869. The van der Waals surface area contributed by atoms with E-state index < -0.39 is 0 Å². The maximum absolute atomic E-state index is 12.6. The highest BCUT2D eigenvalue weighted by atomic mass is 16.5. The molecule has 0 aliphatic rings. The summed E-state index contributed by atoms with van der Waals surface area (Å²) in [5.41, 5.74) is 3.86. The van der Waals surface area contributed by atoms with Crippen molar-refractivity contribution in [1.29, 1.82) is 0 Å². The Morgan fingerprint density at radius 1 is 0.649 bits per heavy atom. The maximum atomic E-state index is 12.6. The lowest BCUT2D eigenvalue weighted by molar-refractivity contribution is 0.0628. The number of benzene rings is 3. The second-order valence-corrected chi connectivity index (χ2v) is 9.54. The molecule has 1 atom stereocenters. The van der Waals surface area contributed by atoms with E-state index in [1.165, 1.54) is 44.1 Å². The fourth-order valence-corrected chi connectivity index (χ4v) is 4.12. The highest BCUT2D eigenvalue weighted by molar-refractivity contribution is 5.91. The lowest BCUT2D eigenvalue weighted by Gasteiger charge is -2.14. The molecule has 3 aromatic rings. The van der Waals surface area contributed by atoms with Gasteiger partial charge < -0.3 is 14.2 Å². The van der Waals surface area contributed by atoms with Crippen LogP contribution in [0.4, 0.5) is 0 Å². The van der Waals surface area contributed by atoms with Crippen LogP contribution in [0.3, 0.4) is 0 Å². The molecule has 0 amide bonds. The van der Waals surface area contributed by atoms with Gasteiger partial charge >= 0.3 is 5.97 Å². The first-order valence-electron chi connectivity index (χ1n) is 13.9. The Morgan fingerprint density at radius 2 is 1.19 bits per heavy atom. The van der Waals surface area contributed by atoms with Crippen LogP contribution in [-0.4, -0.2) is 19.2 Å². The van der Waals surface area contributed by atoms with Gasteiger partial charge in [0.25, 0.3) is 0 Å². The normalized spacial score (nSPS) is 11.8. The molecule has 0 aliphatic heterocycles. The van der Waals surface area contributed by atoms with E-state index in [-0.39, 0.29) is 12.1 Å². The van der Waals surface area contributed by atoms with Gasteiger partial charge in [-0.15, -0.1) is 0 Å². The molecule has 37 heavy (non-hydrogen) atoms. The molecule has 0 saturated heterocycles. The zero-order chi connectivity index (χ0) is 26.3. The van der Waals surface area contributed by atoms with Crippen molar-refractivity contribution in [1.82, 2.24) is 0 Å². The van der Waals surface area contributed by atoms with Gasteiger partial charge in [0.15, 0.2) is 0 Å². The van der Waals surface area contributed by atoms with E-state index in [2.05, 4.69) is 45.0 Å². The van der Waals surface area contributed by atoms with E-state index >= 15 is 0 Å². The van der Waals surface area contributed by atoms with Gasteiger partial charge in [-0.05, 0) is 72.9 Å². The Bertz CT molecular complexity index is 1040. The molecule has 0 aliphatic carbocycles. The van der Waals surface area contributed by atoms with E-state index in [0.29, 0.717) is 17.9 Å². The lowest BCUT2D eigenvalue weighted by atomic mass is 10.0. The molecule has 0 N–H and O–H groups in total. The number of ether oxygens (including phenoxy) is 3. The zero-order valence-corrected chi connectivity index (χ0v) is 22.7. The van der Waals surface area contributed by atoms with Crippen LogP contribution in [0, 0.1) is 0 Å². The number of carbonyl (C=O) groups is 1. The van der Waals surface area contributed by atoms with Crippen molar-refractivity contribution in [2.24, 2.45) is 0 Å². The number of unbranched alkanes of at least 4 members (excludes halogenated alkanes) is 6. The van der Waals surface area contributed by atoms with Crippen molar-refractivity contribution >= 4 is 5.97 Å². The predicted octanol–water partition coefficient (Wildman–Crippen LogP) is 9.19. The third-order valence-corrected chi connectivity index (χ3v) is 6.50. The SMILES string of the molecule is CCCCCCOc1ccc(C(=O)Oc2ccc(-c3ccc(C(C)OCCCCCC)cc3)cc2)cc1. The van der Waals surface area contributed by atoms with Crippen LogP contribution in [0.25, 0.3) is 11.1 Å². The van der Waals surface area contributed by atoms with Gasteiger partial charge in [0.05, 0.1) is 18.3 Å². The summed E-state index contributed by atoms with van der Waals surface area (Å²) in [4.78, 5) is 12.6. The van der Waals surface area contributed by atoms with Gasteiger partial charge in [-0.2, -0.15) is 0 Å². The summed E-state index contributed by atoms with van der Waals surface area (Å²) in [5.74, 6) is 0.915. The molecule has 0 aromatic heterocycles. The molecule has 0 fully saturated rings. The molecule has 0 radical (unpaired) electrons. The molecule has 0 spiro atoms. The number of esters is 1. The molecule has 3 aromatic carbocycles. The van der Waals surface area contributed by atoms with E-state index in [1.807, 2.05) is 36.4 Å². The standard InChI is InChI=1S/C33H42O4/c1-4-6-8-10-24-35-26(3)27-12-14-28(15-13-27)29-16-22-32(23-17-29)37-33(34)30-18-20-31(21-19-30)36-25-11-9-7-5-2/h12-23,26H,4-11,24-25H2,1-3H3. The molecule has 3 rings (SSSR count). The highest BCUT2D eigenvalue weighted by Crippen LogP contribution is 2.26. The van der Waals surface area contributed by atoms with Crippen molar-refractivity contribution in [2.75, 3.05) is 13.2 Å². The lowest BCUT2D eigenvalue weighted by Crippen LogP contribution is -2.08. The summed E-state index contributed by atoms with van der Waals surface area (Å²) < 4.78 is 17.3.